The summed E-state index contributed by atoms with van der Waals surface area (Å²) in [6.07, 6.45) is 0. The zero-order chi connectivity index (χ0) is 13.7. The first-order valence-electron chi connectivity index (χ1n) is 6.43. The molecule has 1 aromatic carbocycles. The van der Waals surface area contributed by atoms with Gasteiger partial charge in [-0.15, -0.1) is 0 Å². The number of rotatable bonds is 5. The van der Waals surface area contributed by atoms with Crippen LogP contribution < -0.4 is 4.74 Å². The summed E-state index contributed by atoms with van der Waals surface area (Å²) < 4.78 is 11.0. The van der Waals surface area contributed by atoms with Crippen LogP contribution >= 0.6 is 0 Å². The molecule has 0 aromatic heterocycles. The fraction of sp³-hybridized carbons (Fsp3) is 0.500. The molecular weight excluding hydrogens is 246 g/mol. The molecule has 0 saturated carbocycles. The number of carboxylic acids is 1. The fourth-order valence-corrected chi connectivity index (χ4v) is 2.00. The molecule has 1 aliphatic rings. The van der Waals surface area contributed by atoms with Gasteiger partial charge in [-0.1, -0.05) is 6.07 Å². The molecule has 5 heteroatoms. The molecule has 0 aliphatic carbocycles. The highest BCUT2D eigenvalue weighted by Crippen LogP contribution is 2.19. The summed E-state index contributed by atoms with van der Waals surface area (Å²) in [5.74, 6) is -0.286. The maximum Gasteiger partial charge on any atom is 0.335 e. The van der Waals surface area contributed by atoms with Crippen LogP contribution in [0.4, 0.5) is 0 Å². The van der Waals surface area contributed by atoms with Gasteiger partial charge in [-0.05, 0) is 24.6 Å². The van der Waals surface area contributed by atoms with Gasteiger partial charge in [-0.25, -0.2) is 4.79 Å². The lowest BCUT2D eigenvalue weighted by atomic mass is 10.1. The number of hydrogen-bond acceptors (Lipinski definition) is 4. The zero-order valence-electron chi connectivity index (χ0n) is 11.1. The first kappa shape index (κ1) is 13.8. The van der Waals surface area contributed by atoms with Gasteiger partial charge in [0.1, 0.15) is 12.4 Å². The zero-order valence-corrected chi connectivity index (χ0v) is 11.1. The van der Waals surface area contributed by atoms with E-state index in [0.717, 1.165) is 38.4 Å². The molecule has 1 fully saturated rings. The Hall–Kier alpha value is -1.59. The van der Waals surface area contributed by atoms with Gasteiger partial charge >= 0.3 is 5.97 Å². The minimum atomic E-state index is -0.932. The highest BCUT2D eigenvalue weighted by Gasteiger charge is 2.11. The molecule has 1 heterocycles. The quantitative estimate of drug-likeness (QED) is 0.872. The van der Waals surface area contributed by atoms with Crippen molar-refractivity contribution >= 4 is 5.97 Å². The third kappa shape index (κ3) is 3.94. The van der Waals surface area contributed by atoms with Gasteiger partial charge in [0, 0.05) is 19.6 Å². The number of carboxylic acid groups (broad SMARTS) is 1. The van der Waals surface area contributed by atoms with Crippen LogP contribution in [0.15, 0.2) is 18.2 Å². The number of ether oxygens (including phenoxy) is 2. The van der Waals surface area contributed by atoms with Gasteiger partial charge in [0.2, 0.25) is 0 Å². The number of benzene rings is 1. The van der Waals surface area contributed by atoms with E-state index in [9.17, 15) is 4.79 Å². The molecule has 2 rings (SSSR count). The third-order valence-electron chi connectivity index (χ3n) is 3.20. The molecule has 0 bridgehead atoms. The van der Waals surface area contributed by atoms with Crippen LogP contribution in [0.2, 0.25) is 0 Å². The molecule has 0 spiro atoms. The van der Waals surface area contributed by atoms with Gasteiger partial charge < -0.3 is 14.6 Å². The maximum atomic E-state index is 10.9. The highest BCUT2D eigenvalue weighted by atomic mass is 16.5. The van der Waals surface area contributed by atoms with E-state index in [0.29, 0.717) is 12.4 Å². The Morgan fingerprint density at radius 1 is 1.42 bits per heavy atom. The molecule has 0 amide bonds. The average Bonchev–Trinajstić information content (AvgIpc) is 2.42. The second-order valence-electron chi connectivity index (χ2n) is 4.59. The Bertz CT molecular complexity index is 441. The van der Waals surface area contributed by atoms with Crippen LogP contribution in [0.3, 0.4) is 0 Å². The maximum absolute atomic E-state index is 10.9. The van der Waals surface area contributed by atoms with Crippen LogP contribution in [0.25, 0.3) is 0 Å². The van der Waals surface area contributed by atoms with E-state index in [-0.39, 0.29) is 5.56 Å². The van der Waals surface area contributed by atoms with Crippen molar-refractivity contribution in [1.29, 1.82) is 0 Å². The number of hydrogen-bond donors (Lipinski definition) is 1. The Morgan fingerprint density at radius 3 is 2.84 bits per heavy atom. The smallest absolute Gasteiger partial charge is 0.335 e. The summed E-state index contributed by atoms with van der Waals surface area (Å²) in [6.45, 7) is 6.70. The molecule has 19 heavy (non-hydrogen) atoms. The van der Waals surface area contributed by atoms with Crippen molar-refractivity contribution in [2.45, 2.75) is 6.92 Å². The first-order chi connectivity index (χ1) is 9.16. The Labute approximate surface area is 112 Å². The van der Waals surface area contributed by atoms with E-state index in [1.807, 2.05) is 6.92 Å². The number of nitrogens with zero attached hydrogens (tertiary/aromatic N) is 1. The minimum absolute atomic E-state index is 0.256. The van der Waals surface area contributed by atoms with E-state index in [1.54, 1.807) is 18.2 Å². The molecule has 1 N–H and O–H groups in total. The molecule has 5 nitrogen and oxygen atoms in total. The Balaban J connectivity index is 1.87. The van der Waals surface area contributed by atoms with Gasteiger partial charge in [0.25, 0.3) is 0 Å². The van der Waals surface area contributed by atoms with Crippen molar-refractivity contribution in [3.63, 3.8) is 0 Å². The number of carbonyl (C=O) groups is 1. The predicted octanol–water partition coefficient (Wildman–Crippen LogP) is 1.40. The number of aryl methyl sites for hydroxylation is 1. The Morgan fingerprint density at radius 2 is 2.16 bits per heavy atom. The van der Waals surface area contributed by atoms with Crippen LogP contribution in [-0.4, -0.2) is 55.4 Å². The monoisotopic (exact) mass is 265 g/mol. The number of aromatic carboxylic acids is 1. The van der Waals surface area contributed by atoms with Crippen LogP contribution in [0.1, 0.15) is 15.9 Å². The third-order valence-corrected chi connectivity index (χ3v) is 3.20. The molecule has 1 aliphatic heterocycles. The Kier molecular flexibility index (Phi) is 4.76. The average molecular weight is 265 g/mol. The molecule has 104 valence electrons. The molecule has 0 unspecified atom stereocenters. The van der Waals surface area contributed by atoms with Gasteiger partial charge in [0.05, 0.1) is 18.8 Å². The van der Waals surface area contributed by atoms with Gasteiger partial charge in [0.15, 0.2) is 0 Å². The standard InChI is InChI=1S/C14H19NO4/c1-11-2-3-12(14(16)17)10-13(11)19-9-6-15-4-7-18-8-5-15/h2-3,10H,4-9H2,1H3,(H,16,17). The van der Waals surface area contributed by atoms with Crippen molar-refractivity contribution in [2.75, 3.05) is 39.5 Å². The van der Waals surface area contributed by atoms with Crippen LogP contribution in [0.5, 0.6) is 5.75 Å². The van der Waals surface area contributed by atoms with Gasteiger partial charge in [-0.2, -0.15) is 0 Å². The molecule has 0 radical (unpaired) electrons. The van der Waals surface area contributed by atoms with E-state index >= 15 is 0 Å². The van der Waals surface area contributed by atoms with Crippen molar-refractivity contribution in [3.8, 4) is 5.75 Å². The van der Waals surface area contributed by atoms with Crippen molar-refractivity contribution < 1.29 is 19.4 Å². The highest BCUT2D eigenvalue weighted by molar-refractivity contribution is 5.88. The van der Waals surface area contributed by atoms with Crippen molar-refractivity contribution in [3.05, 3.63) is 29.3 Å². The summed E-state index contributed by atoms with van der Waals surface area (Å²) in [4.78, 5) is 13.2. The minimum Gasteiger partial charge on any atom is -0.492 e. The molecule has 0 atom stereocenters. The van der Waals surface area contributed by atoms with E-state index in [2.05, 4.69) is 4.90 Å². The van der Waals surface area contributed by atoms with Crippen molar-refractivity contribution in [1.82, 2.24) is 4.90 Å². The lowest BCUT2D eigenvalue weighted by Gasteiger charge is -2.26. The topological polar surface area (TPSA) is 59.0 Å². The molecule has 1 aromatic rings. The van der Waals surface area contributed by atoms with Crippen LogP contribution in [0, 0.1) is 6.92 Å². The summed E-state index contributed by atoms with van der Waals surface area (Å²) in [6, 6.07) is 4.94. The summed E-state index contributed by atoms with van der Waals surface area (Å²) in [5, 5.41) is 8.95. The lowest BCUT2D eigenvalue weighted by molar-refractivity contribution is 0.0322. The summed E-state index contributed by atoms with van der Waals surface area (Å²) in [5.41, 5.74) is 1.21. The van der Waals surface area contributed by atoms with E-state index in [1.165, 1.54) is 0 Å². The van der Waals surface area contributed by atoms with Crippen LogP contribution in [-0.2, 0) is 4.74 Å². The second-order valence-corrected chi connectivity index (χ2v) is 4.59. The van der Waals surface area contributed by atoms with E-state index in [4.69, 9.17) is 14.6 Å². The summed E-state index contributed by atoms with van der Waals surface area (Å²) >= 11 is 0. The second kappa shape index (κ2) is 6.54. The number of morpholine rings is 1. The predicted molar refractivity (Wildman–Crippen MR) is 70.9 cm³/mol. The normalized spacial score (nSPS) is 16.3. The molecular formula is C14H19NO4. The van der Waals surface area contributed by atoms with Crippen molar-refractivity contribution in [2.24, 2.45) is 0 Å². The fourth-order valence-electron chi connectivity index (χ4n) is 2.00. The van der Waals surface area contributed by atoms with Gasteiger partial charge in [-0.3, -0.25) is 4.90 Å². The summed E-state index contributed by atoms with van der Waals surface area (Å²) in [7, 11) is 0. The van der Waals surface area contributed by atoms with E-state index < -0.39 is 5.97 Å². The SMILES string of the molecule is Cc1ccc(C(=O)O)cc1OCCN1CCOCC1. The lowest BCUT2D eigenvalue weighted by Crippen LogP contribution is -2.38. The first-order valence-corrected chi connectivity index (χ1v) is 6.43. The molecule has 1 saturated heterocycles. The largest absolute Gasteiger partial charge is 0.492 e.